The number of nitrogens with zero attached hydrogens (tertiary/aromatic N) is 2. The number of unbranched alkanes of at least 4 members (excludes halogenated alkanes) is 2. The lowest BCUT2D eigenvalue weighted by Crippen LogP contribution is -2.18. The Morgan fingerprint density at radius 2 is 1.22 bits per heavy atom. The van der Waals surface area contributed by atoms with E-state index in [4.69, 9.17) is 23.6 Å². The predicted molar refractivity (Wildman–Crippen MR) is 82.7 cm³/mol. The zero-order chi connectivity index (χ0) is 13.4. The van der Waals surface area contributed by atoms with Gasteiger partial charge in [-0.15, -0.1) is 0 Å². The van der Waals surface area contributed by atoms with Crippen LogP contribution in [0.25, 0.3) is 0 Å². The fourth-order valence-corrected chi connectivity index (χ4v) is 2.23. The Kier molecular flexibility index (Phi) is 7.29. The third-order valence-corrected chi connectivity index (χ3v) is 3.52. The van der Waals surface area contributed by atoms with Gasteiger partial charge < -0.3 is 0 Å². The molecular formula is C14H22Cl2N2. The maximum atomic E-state index is 6.32. The standard InChI is InChI=1S/C14H22Cl2N2/c1-3-5-11-17(15)13-9-7-8-10-14(13)18(16)12-6-4-2/h7-10H,3-6,11-12H2,1-2H3. The van der Waals surface area contributed by atoms with Gasteiger partial charge in [-0.25, -0.2) is 0 Å². The van der Waals surface area contributed by atoms with E-state index in [-0.39, 0.29) is 0 Å². The molecule has 0 aliphatic carbocycles. The summed E-state index contributed by atoms with van der Waals surface area (Å²) in [6.07, 6.45) is 4.42. The number of halogens is 2. The van der Waals surface area contributed by atoms with E-state index >= 15 is 0 Å². The van der Waals surface area contributed by atoms with Crippen LogP contribution in [0.1, 0.15) is 39.5 Å². The molecule has 2 nitrogen and oxygen atoms in total. The van der Waals surface area contributed by atoms with Gasteiger partial charge in [-0.1, -0.05) is 38.8 Å². The van der Waals surface area contributed by atoms with Crippen molar-refractivity contribution >= 4 is 34.9 Å². The molecule has 0 aliphatic heterocycles. The van der Waals surface area contributed by atoms with E-state index in [0.29, 0.717) is 0 Å². The number of anilines is 2. The van der Waals surface area contributed by atoms with Crippen molar-refractivity contribution in [2.24, 2.45) is 0 Å². The Morgan fingerprint density at radius 3 is 1.56 bits per heavy atom. The van der Waals surface area contributed by atoms with Crippen LogP contribution in [0.5, 0.6) is 0 Å². The summed E-state index contributed by atoms with van der Waals surface area (Å²) in [5.41, 5.74) is 1.97. The molecule has 0 atom stereocenters. The molecule has 102 valence electrons. The Balaban J connectivity index is 2.77. The van der Waals surface area contributed by atoms with Crippen LogP contribution in [0, 0.1) is 0 Å². The molecule has 0 radical (unpaired) electrons. The summed E-state index contributed by atoms with van der Waals surface area (Å²) in [7, 11) is 0. The lowest BCUT2D eigenvalue weighted by Gasteiger charge is -2.23. The van der Waals surface area contributed by atoms with Gasteiger partial charge in [0.1, 0.15) is 0 Å². The first-order chi connectivity index (χ1) is 8.70. The highest BCUT2D eigenvalue weighted by molar-refractivity contribution is 6.29. The summed E-state index contributed by atoms with van der Waals surface area (Å²) in [6.45, 7) is 6.00. The molecular weight excluding hydrogens is 267 g/mol. The lowest BCUT2D eigenvalue weighted by atomic mass is 10.2. The largest absolute Gasteiger partial charge is 0.283 e. The molecule has 0 N–H and O–H groups in total. The Hall–Kier alpha value is -0.600. The van der Waals surface area contributed by atoms with Crippen LogP contribution < -0.4 is 8.84 Å². The van der Waals surface area contributed by atoms with E-state index < -0.39 is 0 Å². The SMILES string of the molecule is CCCCN(Cl)c1ccccc1N(Cl)CCCC. The predicted octanol–water partition coefficient (Wildman–Crippen LogP) is 5.21. The number of hydrogen-bond donors (Lipinski definition) is 0. The minimum atomic E-state index is 0.841. The molecule has 0 fully saturated rings. The number of hydrogen-bond acceptors (Lipinski definition) is 2. The fourth-order valence-electron chi connectivity index (χ4n) is 1.71. The number of benzene rings is 1. The first-order valence-corrected chi connectivity index (χ1v) is 7.34. The van der Waals surface area contributed by atoms with E-state index in [1.165, 1.54) is 0 Å². The monoisotopic (exact) mass is 288 g/mol. The van der Waals surface area contributed by atoms with Crippen molar-refractivity contribution in [1.82, 2.24) is 0 Å². The fraction of sp³-hybridized carbons (Fsp3) is 0.571. The van der Waals surface area contributed by atoms with Gasteiger partial charge in [-0.2, -0.15) is 0 Å². The summed E-state index contributed by atoms with van der Waals surface area (Å²) in [5.74, 6) is 0. The van der Waals surface area contributed by atoms with Gasteiger partial charge in [-0.3, -0.25) is 8.84 Å². The van der Waals surface area contributed by atoms with Gasteiger partial charge in [0.2, 0.25) is 0 Å². The molecule has 0 saturated heterocycles. The molecule has 1 aromatic rings. The van der Waals surface area contributed by atoms with Crippen LogP contribution >= 0.6 is 23.6 Å². The van der Waals surface area contributed by atoms with Crippen LogP contribution in [0.4, 0.5) is 11.4 Å². The van der Waals surface area contributed by atoms with Crippen molar-refractivity contribution in [3.63, 3.8) is 0 Å². The minimum Gasteiger partial charge on any atom is -0.283 e. The van der Waals surface area contributed by atoms with E-state index in [2.05, 4.69) is 13.8 Å². The average Bonchev–Trinajstić information content (AvgIpc) is 2.42. The molecule has 0 aromatic heterocycles. The van der Waals surface area contributed by atoms with Crippen LogP contribution in [0.2, 0.25) is 0 Å². The van der Waals surface area contributed by atoms with Gasteiger partial charge >= 0.3 is 0 Å². The van der Waals surface area contributed by atoms with E-state index in [9.17, 15) is 0 Å². The van der Waals surface area contributed by atoms with E-state index in [1.54, 1.807) is 8.84 Å². The van der Waals surface area contributed by atoms with Crippen LogP contribution in [0.3, 0.4) is 0 Å². The molecule has 18 heavy (non-hydrogen) atoms. The van der Waals surface area contributed by atoms with Crippen molar-refractivity contribution in [2.75, 3.05) is 21.9 Å². The molecule has 0 heterocycles. The Labute approximate surface area is 121 Å². The maximum absolute atomic E-state index is 6.32. The summed E-state index contributed by atoms with van der Waals surface area (Å²) >= 11 is 12.6. The smallest absolute Gasteiger partial charge is 0.0769 e. The molecule has 0 amide bonds. The quantitative estimate of drug-likeness (QED) is 0.606. The van der Waals surface area contributed by atoms with E-state index in [1.807, 2.05) is 24.3 Å². The van der Waals surface area contributed by atoms with Crippen molar-refractivity contribution in [2.45, 2.75) is 39.5 Å². The molecule has 0 aliphatic rings. The summed E-state index contributed by atoms with van der Waals surface area (Å²) in [4.78, 5) is 0. The van der Waals surface area contributed by atoms with Crippen LogP contribution in [-0.2, 0) is 0 Å². The van der Waals surface area contributed by atoms with Gasteiger partial charge in [0.05, 0.1) is 11.4 Å². The summed E-state index contributed by atoms with van der Waals surface area (Å²) < 4.78 is 3.53. The molecule has 0 bridgehead atoms. The van der Waals surface area contributed by atoms with Gasteiger partial charge in [0.15, 0.2) is 0 Å². The summed E-state index contributed by atoms with van der Waals surface area (Å²) in [5, 5.41) is 0. The van der Waals surface area contributed by atoms with Crippen molar-refractivity contribution in [1.29, 1.82) is 0 Å². The first-order valence-electron chi connectivity index (χ1n) is 6.66. The Bertz CT molecular complexity index is 311. The number of para-hydroxylation sites is 2. The van der Waals surface area contributed by atoms with Crippen molar-refractivity contribution in [3.05, 3.63) is 24.3 Å². The zero-order valence-corrected chi connectivity index (χ0v) is 12.7. The highest BCUT2D eigenvalue weighted by atomic mass is 35.5. The normalized spacial score (nSPS) is 10.4. The lowest BCUT2D eigenvalue weighted by molar-refractivity contribution is 0.796. The number of rotatable bonds is 8. The second-order valence-corrected chi connectivity index (χ2v) is 5.18. The molecule has 1 rings (SSSR count). The molecule has 4 heteroatoms. The van der Waals surface area contributed by atoms with Gasteiger partial charge in [-0.05, 0) is 25.0 Å². The van der Waals surface area contributed by atoms with Crippen molar-refractivity contribution in [3.8, 4) is 0 Å². The minimum absolute atomic E-state index is 0.841. The molecule has 0 saturated carbocycles. The highest BCUT2D eigenvalue weighted by Crippen LogP contribution is 2.32. The second-order valence-electron chi connectivity index (χ2n) is 4.37. The summed E-state index contributed by atoms with van der Waals surface area (Å²) in [6, 6.07) is 8.01. The van der Waals surface area contributed by atoms with Gasteiger partial charge in [0.25, 0.3) is 0 Å². The average molecular weight is 289 g/mol. The third-order valence-electron chi connectivity index (χ3n) is 2.82. The maximum Gasteiger partial charge on any atom is 0.0769 e. The van der Waals surface area contributed by atoms with E-state index in [0.717, 1.165) is 50.1 Å². The molecule has 1 aromatic carbocycles. The Morgan fingerprint density at radius 1 is 0.833 bits per heavy atom. The molecule has 0 unspecified atom stereocenters. The topological polar surface area (TPSA) is 6.48 Å². The van der Waals surface area contributed by atoms with Crippen LogP contribution in [-0.4, -0.2) is 13.1 Å². The third kappa shape index (κ3) is 4.58. The highest BCUT2D eigenvalue weighted by Gasteiger charge is 2.12. The zero-order valence-electron chi connectivity index (χ0n) is 11.2. The van der Waals surface area contributed by atoms with Crippen LogP contribution in [0.15, 0.2) is 24.3 Å². The van der Waals surface area contributed by atoms with Crippen molar-refractivity contribution < 1.29 is 0 Å². The first kappa shape index (κ1) is 15.5. The van der Waals surface area contributed by atoms with Gasteiger partial charge in [0, 0.05) is 36.6 Å². The second kappa shape index (κ2) is 8.49. The molecule has 0 spiro atoms.